The molecule has 0 saturated heterocycles. The van der Waals surface area contributed by atoms with Crippen LogP contribution in [0.1, 0.15) is 24.1 Å². The van der Waals surface area contributed by atoms with Gasteiger partial charge in [0.2, 0.25) is 5.13 Å². The highest BCUT2D eigenvalue weighted by molar-refractivity contribution is 7.13. The van der Waals surface area contributed by atoms with E-state index in [0.29, 0.717) is 5.92 Å². The zero-order chi connectivity index (χ0) is 12.1. The predicted octanol–water partition coefficient (Wildman–Crippen LogP) is 3.65. The molecule has 1 heterocycles. The normalized spacial score (nSPS) is 12.8. The summed E-state index contributed by atoms with van der Waals surface area (Å²) in [6, 6.07) is 10.3. The Kier molecular flexibility index (Phi) is 3.88. The van der Waals surface area contributed by atoms with E-state index in [0.717, 1.165) is 10.8 Å². The molecule has 2 rings (SSSR count). The van der Waals surface area contributed by atoms with Crippen LogP contribution in [0.5, 0.6) is 0 Å². The Morgan fingerprint density at radius 1 is 1.35 bits per heavy atom. The van der Waals surface area contributed by atoms with Crippen molar-refractivity contribution >= 4 is 22.7 Å². The lowest BCUT2D eigenvalue weighted by atomic mass is 10.0. The number of hydrogen-bond donors (Lipinski definition) is 1. The number of nitrogens with zero attached hydrogens (tertiary/aromatic N) is 2. The van der Waals surface area contributed by atoms with Gasteiger partial charge in [0.25, 0.3) is 0 Å². The quantitative estimate of drug-likeness (QED) is 0.659. The molecule has 1 N–H and O–H groups in total. The topological polar surface area (TPSA) is 37.3 Å². The van der Waals surface area contributed by atoms with Crippen molar-refractivity contribution in [3.8, 4) is 0 Å². The summed E-state index contributed by atoms with van der Waals surface area (Å²) in [7, 11) is 0. The van der Waals surface area contributed by atoms with E-state index in [2.05, 4.69) is 34.6 Å². The fourth-order valence-electron chi connectivity index (χ4n) is 1.45. The van der Waals surface area contributed by atoms with Gasteiger partial charge in [-0.25, -0.2) is 4.98 Å². The molecule has 1 aromatic carbocycles. The van der Waals surface area contributed by atoms with Gasteiger partial charge in [0.05, 0.1) is 5.69 Å². The summed E-state index contributed by atoms with van der Waals surface area (Å²) in [6.45, 7) is 4.09. The summed E-state index contributed by atoms with van der Waals surface area (Å²) in [5.41, 5.74) is 5.22. The molecule has 0 saturated carbocycles. The molecular formula is C13H15N3S. The van der Waals surface area contributed by atoms with Gasteiger partial charge in [-0.2, -0.15) is 5.10 Å². The van der Waals surface area contributed by atoms with Crippen molar-refractivity contribution in [3.05, 3.63) is 47.0 Å². The van der Waals surface area contributed by atoms with Crippen LogP contribution in [0.3, 0.4) is 0 Å². The Bertz CT molecular complexity index is 490. The highest BCUT2D eigenvalue weighted by atomic mass is 32.1. The van der Waals surface area contributed by atoms with E-state index in [1.165, 1.54) is 5.56 Å². The van der Waals surface area contributed by atoms with E-state index in [-0.39, 0.29) is 0 Å². The summed E-state index contributed by atoms with van der Waals surface area (Å²) >= 11 is 1.56. The van der Waals surface area contributed by atoms with Gasteiger partial charge in [0.15, 0.2) is 0 Å². The van der Waals surface area contributed by atoms with Crippen molar-refractivity contribution in [2.75, 3.05) is 5.43 Å². The second-order valence-electron chi connectivity index (χ2n) is 3.88. The van der Waals surface area contributed by atoms with E-state index in [9.17, 15) is 0 Å². The number of rotatable bonds is 4. The molecule has 2 aromatic rings. The first-order valence-electron chi connectivity index (χ1n) is 5.52. The first-order valence-corrected chi connectivity index (χ1v) is 6.40. The van der Waals surface area contributed by atoms with Gasteiger partial charge in [0.1, 0.15) is 0 Å². The van der Waals surface area contributed by atoms with Gasteiger partial charge in [-0.3, -0.25) is 5.43 Å². The van der Waals surface area contributed by atoms with Crippen LogP contribution in [-0.4, -0.2) is 11.2 Å². The highest BCUT2D eigenvalue weighted by Crippen LogP contribution is 2.15. The third-order valence-corrected chi connectivity index (χ3v) is 3.27. The lowest BCUT2D eigenvalue weighted by molar-refractivity contribution is 1.04. The van der Waals surface area contributed by atoms with Crippen molar-refractivity contribution in [2.45, 2.75) is 19.8 Å². The molecule has 0 aliphatic heterocycles. The van der Waals surface area contributed by atoms with E-state index >= 15 is 0 Å². The van der Waals surface area contributed by atoms with Gasteiger partial charge in [-0.05, 0) is 12.5 Å². The van der Waals surface area contributed by atoms with Crippen molar-refractivity contribution in [1.82, 2.24) is 4.98 Å². The Balaban J connectivity index is 1.93. The van der Waals surface area contributed by atoms with E-state index in [1.54, 1.807) is 11.3 Å². The number of hydrogen-bond acceptors (Lipinski definition) is 4. The van der Waals surface area contributed by atoms with Crippen molar-refractivity contribution in [2.24, 2.45) is 5.10 Å². The first-order chi connectivity index (χ1) is 8.25. The number of benzene rings is 1. The number of thiazole rings is 1. The molecule has 0 radical (unpaired) electrons. The molecule has 0 spiro atoms. The molecular weight excluding hydrogens is 230 g/mol. The maximum absolute atomic E-state index is 4.27. The summed E-state index contributed by atoms with van der Waals surface area (Å²) in [5.74, 6) is 0.296. The Labute approximate surface area is 105 Å². The number of hydrazone groups is 1. The third-order valence-electron chi connectivity index (χ3n) is 2.40. The summed E-state index contributed by atoms with van der Waals surface area (Å²) in [5, 5.41) is 7.04. The minimum Gasteiger partial charge on any atom is -0.253 e. The number of nitrogens with one attached hydrogen (secondary N) is 1. The van der Waals surface area contributed by atoms with Crippen LogP contribution in [0, 0.1) is 6.92 Å². The smallest absolute Gasteiger partial charge is 0.203 e. The molecule has 17 heavy (non-hydrogen) atoms. The maximum atomic E-state index is 4.27. The van der Waals surface area contributed by atoms with Crippen LogP contribution in [0.25, 0.3) is 0 Å². The van der Waals surface area contributed by atoms with Crippen LogP contribution in [0.4, 0.5) is 5.13 Å². The zero-order valence-corrected chi connectivity index (χ0v) is 10.7. The molecule has 0 aliphatic carbocycles. The SMILES string of the molecule is Cc1csc(N/N=C\C(C)c2ccccc2)n1. The zero-order valence-electron chi connectivity index (χ0n) is 9.92. The van der Waals surface area contributed by atoms with Gasteiger partial charge in [0, 0.05) is 17.5 Å². The molecule has 1 atom stereocenters. The van der Waals surface area contributed by atoms with E-state index in [1.807, 2.05) is 36.7 Å². The fraction of sp³-hybridized carbons (Fsp3) is 0.231. The molecule has 0 amide bonds. The van der Waals surface area contributed by atoms with Crippen LogP contribution in [0.15, 0.2) is 40.8 Å². The van der Waals surface area contributed by atoms with Crippen LogP contribution in [-0.2, 0) is 0 Å². The minimum absolute atomic E-state index is 0.296. The Morgan fingerprint density at radius 3 is 2.76 bits per heavy atom. The Morgan fingerprint density at radius 2 is 2.12 bits per heavy atom. The molecule has 0 aliphatic rings. The standard InChI is InChI=1S/C13H15N3S/c1-10(12-6-4-3-5-7-12)8-14-16-13-15-11(2)9-17-13/h3-10H,1-2H3,(H,15,16)/b14-8-. The lowest BCUT2D eigenvalue weighted by Gasteiger charge is -2.04. The second kappa shape index (κ2) is 5.59. The molecule has 0 bridgehead atoms. The van der Waals surface area contributed by atoms with Crippen LogP contribution < -0.4 is 5.43 Å². The van der Waals surface area contributed by atoms with Crippen LogP contribution >= 0.6 is 11.3 Å². The first kappa shape index (κ1) is 11.8. The van der Waals surface area contributed by atoms with Crippen molar-refractivity contribution in [1.29, 1.82) is 0 Å². The van der Waals surface area contributed by atoms with Gasteiger partial charge < -0.3 is 0 Å². The highest BCUT2D eigenvalue weighted by Gasteiger charge is 2.00. The average Bonchev–Trinajstić information content (AvgIpc) is 2.76. The van der Waals surface area contributed by atoms with Crippen molar-refractivity contribution in [3.63, 3.8) is 0 Å². The minimum atomic E-state index is 0.296. The second-order valence-corrected chi connectivity index (χ2v) is 4.74. The third kappa shape index (κ3) is 3.39. The number of aromatic nitrogens is 1. The van der Waals surface area contributed by atoms with Gasteiger partial charge in [-0.15, -0.1) is 11.3 Å². The predicted molar refractivity (Wildman–Crippen MR) is 73.8 cm³/mol. The molecule has 1 aromatic heterocycles. The number of aryl methyl sites for hydroxylation is 1. The molecule has 4 heteroatoms. The maximum Gasteiger partial charge on any atom is 0.203 e. The van der Waals surface area contributed by atoms with Gasteiger partial charge >= 0.3 is 0 Å². The molecule has 3 nitrogen and oxygen atoms in total. The average molecular weight is 245 g/mol. The summed E-state index contributed by atoms with van der Waals surface area (Å²) in [6.07, 6.45) is 1.89. The fourth-order valence-corrected chi connectivity index (χ4v) is 2.09. The van der Waals surface area contributed by atoms with E-state index in [4.69, 9.17) is 0 Å². The van der Waals surface area contributed by atoms with Crippen molar-refractivity contribution < 1.29 is 0 Å². The molecule has 88 valence electrons. The van der Waals surface area contributed by atoms with Crippen LogP contribution in [0.2, 0.25) is 0 Å². The van der Waals surface area contributed by atoms with E-state index < -0.39 is 0 Å². The lowest BCUT2D eigenvalue weighted by Crippen LogP contribution is -1.97. The largest absolute Gasteiger partial charge is 0.253 e. The molecule has 1 unspecified atom stereocenters. The van der Waals surface area contributed by atoms with Gasteiger partial charge in [-0.1, -0.05) is 37.3 Å². The number of anilines is 1. The monoisotopic (exact) mass is 245 g/mol. The Hall–Kier alpha value is -1.68. The summed E-state index contributed by atoms with van der Waals surface area (Å²) < 4.78 is 0. The molecule has 0 fully saturated rings. The summed E-state index contributed by atoms with van der Waals surface area (Å²) in [4.78, 5) is 4.27.